The molecule has 10 aromatic carbocycles. The van der Waals surface area contributed by atoms with Crippen LogP contribution in [0.1, 0.15) is 122 Å². The minimum Gasteiger partial charge on any atom is -0.437 e. The van der Waals surface area contributed by atoms with Gasteiger partial charge in [-0.15, -0.1) is 0 Å². The minimum absolute atomic E-state index is 0.0460. The van der Waals surface area contributed by atoms with Crippen LogP contribution in [0.4, 0.5) is 30.7 Å². The summed E-state index contributed by atoms with van der Waals surface area (Å²) in [5.74, 6) is -2.42. The molecular formula is C119H97F7N15O5+5. The lowest BCUT2D eigenvalue weighted by Crippen LogP contribution is -2.32. The molecule has 2 saturated carbocycles. The van der Waals surface area contributed by atoms with E-state index in [2.05, 4.69) is 147 Å². The highest BCUT2D eigenvalue weighted by molar-refractivity contribution is 6.16. The number of para-hydroxylation sites is 2. The van der Waals surface area contributed by atoms with Crippen molar-refractivity contribution in [1.82, 2.24) is 49.8 Å². The van der Waals surface area contributed by atoms with Gasteiger partial charge in [0.2, 0.25) is 58.3 Å². The van der Waals surface area contributed by atoms with Crippen molar-refractivity contribution in [3.8, 4) is 56.3 Å². The predicted octanol–water partition coefficient (Wildman–Crippen LogP) is 27.1. The molecule has 0 saturated heterocycles. The summed E-state index contributed by atoms with van der Waals surface area (Å²) in [5, 5.41) is 11.8. The number of pyridine rings is 5. The maximum atomic E-state index is 14.8. The SMILES string of the molecule is Cc1cc(F)c2c(oc3nc(F)ccc32)c1-c1c2ccccc2nc[n+]1C.Cc1ccc2c(oc3nc(F)cc(F)c32)c1-c1c2ccccc2nc[n+]1C.Cc1ccc2c(oc3nc(F)ccc32)c1-c1c2ccc(C(C)C)cc2nc[n+]1C.Cc1ccc2c(oc3nc(F)ccc32)c1-c1c2ccc(C3CCCC3)cc2nc[n+]1C.Cc1ccc2c(oc3nc(F)ccc32)c1-c1c2ccc(CC3CCCC3)cc2nc[n+]1C. The number of hydrogen-bond donors (Lipinski definition) is 0. The third-order valence-corrected chi connectivity index (χ3v) is 29.0. The molecule has 25 aromatic rings. The fourth-order valence-corrected chi connectivity index (χ4v) is 21.9. The number of aryl methyl sites for hydroxylation is 10. The monoisotopic (exact) mass is 1950 g/mol. The average Bonchev–Trinajstić information content (AvgIpc) is 1.64. The molecule has 0 bridgehead atoms. The van der Waals surface area contributed by atoms with Crippen LogP contribution < -0.4 is 22.8 Å². The van der Waals surface area contributed by atoms with Crippen LogP contribution in [-0.4, -0.2) is 49.8 Å². The summed E-state index contributed by atoms with van der Waals surface area (Å²) in [4.78, 5) is 42.4. The summed E-state index contributed by atoms with van der Waals surface area (Å²) in [6, 6.07) is 65.6. The van der Waals surface area contributed by atoms with E-state index < -0.39 is 41.4 Å². The fraction of sp³-hybridized carbons (Fsp3) is 0.202. The topological polar surface area (TPSA) is 214 Å². The molecular weight excluding hydrogens is 1850 g/mol. The molecule has 2 fully saturated rings. The molecule has 27 heteroatoms. The van der Waals surface area contributed by atoms with E-state index in [0.29, 0.717) is 67.4 Å². The number of rotatable bonds is 9. The molecule has 0 unspecified atom stereocenters. The summed E-state index contributed by atoms with van der Waals surface area (Å²) in [7, 11) is 9.77. The third kappa shape index (κ3) is 16.4. The molecule has 0 N–H and O–H groups in total. The van der Waals surface area contributed by atoms with Crippen LogP contribution in [0.15, 0.2) is 266 Å². The Morgan fingerprint density at radius 2 is 0.623 bits per heavy atom. The second-order valence-electron chi connectivity index (χ2n) is 38.8. The number of aromatic nitrogens is 15. The van der Waals surface area contributed by atoms with Crippen molar-refractivity contribution in [3.05, 3.63) is 330 Å². The number of halogens is 7. The zero-order valence-corrected chi connectivity index (χ0v) is 82.1. The molecule has 15 heterocycles. The molecule has 0 spiro atoms. The highest BCUT2D eigenvalue weighted by Gasteiger charge is 2.33. The first-order chi connectivity index (χ1) is 70.7. The quantitative estimate of drug-likeness (QED) is 0.0746. The highest BCUT2D eigenvalue weighted by Crippen LogP contribution is 2.48. The van der Waals surface area contributed by atoms with Gasteiger partial charge in [0.25, 0.3) is 31.6 Å². The molecule has 27 rings (SSSR count). The second-order valence-corrected chi connectivity index (χ2v) is 38.8. The van der Waals surface area contributed by atoms with Crippen molar-refractivity contribution in [3.63, 3.8) is 0 Å². The first-order valence-electron chi connectivity index (χ1n) is 48.8. The summed E-state index contributed by atoms with van der Waals surface area (Å²) < 4.78 is 137. The lowest BCUT2D eigenvalue weighted by atomic mass is 9.94. The number of nitrogens with zero attached hydrogens (tertiary/aromatic N) is 15. The van der Waals surface area contributed by atoms with Gasteiger partial charge in [-0.25, -0.2) is 31.6 Å². The molecule has 146 heavy (non-hydrogen) atoms. The Bertz CT molecular complexity index is 9710. The van der Waals surface area contributed by atoms with Gasteiger partial charge < -0.3 is 22.1 Å². The second kappa shape index (κ2) is 37.2. The van der Waals surface area contributed by atoms with E-state index in [4.69, 9.17) is 32.1 Å². The number of benzene rings is 10. The van der Waals surface area contributed by atoms with Gasteiger partial charge in [0, 0.05) is 43.8 Å². The Hall–Kier alpha value is -16.8. The summed E-state index contributed by atoms with van der Waals surface area (Å²) in [6.45, 7) is 14.4. The van der Waals surface area contributed by atoms with Gasteiger partial charge in [0.1, 0.15) is 62.4 Å². The Labute approximate surface area is 830 Å². The lowest BCUT2D eigenvalue weighted by molar-refractivity contribution is -0.662. The van der Waals surface area contributed by atoms with E-state index >= 15 is 0 Å². The summed E-state index contributed by atoms with van der Waals surface area (Å²) in [5.41, 5.74) is 26.9. The van der Waals surface area contributed by atoms with E-state index in [1.54, 1.807) is 36.9 Å². The Morgan fingerprint density at radius 1 is 0.288 bits per heavy atom. The van der Waals surface area contributed by atoms with Gasteiger partial charge in [-0.2, -0.15) is 46.9 Å². The van der Waals surface area contributed by atoms with Crippen molar-refractivity contribution in [2.75, 3.05) is 0 Å². The number of hydrogen-bond acceptors (Lipinski definition) is 15. The number of fused-ring (bicyclic) bond motifs is 20. The molecule has 0 amide bonds. The van der Waals surface area contributed by atoms with Crippen LogP contribution in [0.3, 0.4) is 0 Å². The number of furan rings is 5. The molecule has 2 aliphatic carbocycles. The molecule has 0 aliphatic heterocycles. The standard InChI is InChI=1S/C27H25FN3O.C26H23FN3O.C24H21FN3O.2C21H14F2N3O/c1-16-7-9-19-20-11-12-23(28)30-27(20)32-26(19)24(16)25-21-10-8-18(13-17-5-3-4-6-17)14-22(21)29-15-31(25)2;1-15-7-9-18-19-11-12-22(27)29-26(19)31-25(18)23(15)24-20-10-8-17(16-5-3-4-6-16)13-21(20)28-14-30(24)2;1-13(2)15-6-8-18-19(11-15)26-12-28(4)22(18)21-14(3)5-7-16-17-9-10-20(25)27-24(17)29-23(16)21;1-11-9-14(22)18-13-7-8-16(23)25-21(13)27-20(18)17(11)19-12-5-3-4-6-15(12)24-10-26(19)2;1-11-7-8-13-18-14(22)9-16(23)25-21(18)27-20(13)17(11)19-12-5-3-4-6-15(12)24-10-26(19)2/h7-12,14-15,17H,3-6,13H2,1-2H3;7-14,16H,3-6H2,1-2H3;5-13H,1-4H3;2*3-10H,1-2H3/q5*+1. The van der Waals surface area contributed by atoms with Gasteiger partial charge >= 0.3 is 0 Å². The smallest absolute Gasteiger partial charge is 0.287 e. The Kier molecular flexibility index (Phi) is 23.6. The molecule has 0 radical (unpaired) electrons. The van der Waals surface area contributed by atoms with Crippen molar-refractivity contribution in [2.24, 2.45) is 41.2 Å². The largest absolute Gasteiger partial charge is 0.437 e. The maximum absolute atomic E-state index is 14.8. The van der Waals surface area contributed by atoms with E-state index in [-0.39, 0.29) is 16.8 Å². The average molecular weight is 1950 g/mol. The Morgan fingerprint density at radius 3 is 1.08 bits per heavy atom. The molecule has 722 valence electrons. The van der Waals surface area contributed by atoms with E-state index in [9.17, 15) is 30.7 Å². The van der Waals surface area contributed by atoms with Crippen molar-refractivity contribution in [1.29, 1.82) is 0 Å². The molecule has 15 aromatic heterocycles. The predicted molar refractivity (Wildman–Crippen MR) is 551 cm³/mol. The van der Waals surface area contributed by atoms with Crippen LogP contribution in [0.2, 0.25) is 0 Å². The lowest BCUT2D eigenvalue weighted by Gasteiger charge is -2.12. The maximum Gasteiger partial charge on any atom is 0.287 e. The zero-order chi connectivity index (χ0) is 101. The van der Waals surface area contributed by atoms with Crippen LogP contribution in [0, 0.1) is 81.9 Å². The normalized spacial score (nSPS) is 13.1. The van der Waals surface area contributed by atoms with Crippen molar-refractivity contribution in [2.45, 2.75) is 118 Å². The Balaban J connectivity index is 0.000000101. The van der Waals surface area contributed by atoms with Gasteiger partial charge in [-0.05, 0) is 256 Å². The summed E-state index contributed by atoms with van der Waals surface area (Å²) in [6.07, 6.45) is 20.7. The van der Waals surface area contributed by atoms with E-state index in [1.807, 2.05) is 164 Å². The van der Waals surface area contributed by atoms with Gasteiger partial charge in [-0.3, -0.25) is 0 Å². The fourth-order valence-electron chi connectivity index (χ4n) is 21.9. The molecule has 2 aliphatic rings. The van der Waals surface area contributed by atoms with Crippen LogP contribution in [0.5, 0.6) is 0 Å². The van der Waals surface area contributed by atoms with Crippen LogP contribution in [-0.2, 0) is 41.7 Å². The zero-order valence-electron chi connectivity index (χ0n) is 82.1. The van der Waals surface area contributed by atoms with Gasteiger partial charge in [0.15, 0.2) is 33.2 Å². The van der Waals surface area contributed by atoms with E-state index in [0.717, 1.165) is 195 Å². The van der Waals surface area contributed by atoms with Crippen molar-refractivity contribution < 1.29 is 75.7 Å². The van der Waals surface area contributed by atoms with Gasteiger partial charge in [0.05, 0.1) is 106 Å². The van der Waals surface area contributed by atoms with Crippen molar-refractivity contribution >= 4 is 165 Å². The van der Waals surface area contributed by atoms with Crippen LogP contribution in [0.25, 0.3) is 221 Å². The first kappa shape index (κ1) is 92.8. The van der Waals surface area contributed by atoms with E-state index in [1.165, 1.54) is 104 Å². The molecule has 0 atom stereocenters. The summed E-state index contributed by atoms with van der Waals surface area (Å²) >= 11 is 0. The first-order valence-corrected chi connectivity index (χ1v) is 48.8. The third-order valence-electron chi connectivity index (χ3n) is 29.0. The molecule has 20 nitrogen and oxygen atoms in total. The van der Waals surface area contributed by atoms with Gasteiger partial charge in [-0.1, -0.05) is 143 Å². The highest BCUT2D eigenvalue weighted by atomic mass is 19.2. The van der Waals surface area contributed by atoms with Crippen LogP contribution >= 0.6 is 0 Å². The minimum atomic E-state index is -0.905.